The van der Waals surface area contributed by atoms with Gasteiger partial charge in [0.2, 0.25) is 5.75 Å². The summed E-state index contributed by atoms with van der Waals surface area (Å²) in [5.74, 6) is 1.02. The molecule has 0 bridgehead atoms. The van der Waals surface area contributed by atoms with Crippen LogP contribution in [0.1, 0.15) is 78.4 Å². The average Bonchev–Trinajstić information content (AvgIpc) is 2.56. The first-order valence-electron chi connectivity index (χ1n) is 9.73. The lowest BCUT2D eigenvalue weighted by molar-refractivity contribution is 0.328. The number of ether oxygens (including phenoxy) is 1. The minimum atomic E-state index is -0.0815. The summed E-state index contributed by atoms with van der Waals surface area (Å²) in [7, 11) is 0. The molecule has 2 aromatic rings. The molecule has 0 amide bonds. The van der Waals surface area contributed by atoms with Crippen molar-refractivity contribution in [2.45, 2.75) is 78.1 Å². The van der Waals surface area contributed by atoms with Gasteiger partial charge in [-0.15, -0.1) is 0 Å². The Morgan fingerprint density at radius 1 is 0.846 bits per heavy atom. The fourth-order valence-electron chi connectivity index (χ4n) is 3.12. The van der Waals surface area contributed by atoms with E-state index >= 15 is 0 Å². The first kappa shape index (κ1) is 20.4. The van der Waals surface area contributed by atoms with E-state index in [1.165, 1.54) is 31.2 Å². The van der Waals surface area contributed by atoms with Crippen LogP contribution in [0.25, 0.3) is 0 Å². The molecule has 0 heterocycles. The summed E-state index contributed by atoms with van der Waals surface area (Å²) in [6, 6.07) is 13.5. The van der Waals surface area contributed by atoms with E-state index in [-0.39, 0.29) is 16.6 Å². The topological polar surface area (TPSA) is 29.1 Å². The van der Waals surface area contributed by atoms with Gasteiger partial charge in [-0.1, -0.05) is 79.0 Å². The monoisotopic (exact) mass is 353 g/mol. The second kappa shape index (κ2) is 8.16. The van der Waals surface area contributed by atoms with Crippen molar-refractivity contribution in [3.8, 4) is 17.2 Å². The van der Waals surface area contributed by atoms with Gasteiger partial charge < -0.3 is 4.74 Å². The Kier molecular flexibility index (Phi) is 6.39. The number of benzene rings is 2. The smallest absolute Gasteiger partial charge is 0.221 e. The van der Waals surface area contributed by atoms with Crippen LogP contribution in [0.4, 0.5) is 0 Å². The summed E-state index contributed by atoms with van der Waals surface area (Å²) in [5, 5.41) is 12.2. The highest BCUT2D eigenvalue weighted by Gasteiger charge is 2.20. The summed E-state index contributed by atoms with van der Waals surface area (Å²) >= 11 is 0. The molecule has 2 aromatic carbocycles. The summed E-state index contributed by atoms with van der Waals surface area (Å²) in [4.78, 5) is 0. The van der Waals surface area contributed by atoms with E-state index in [0.717, 1.165) is 5.56 Å². The third-order valence-corrected chi connectivity index (χ3v) is 5.08. The maximum atomic E-state index is 12.2. The molecule has 0 aliphatic rings. The molecule has 1 radical (unpaired) electrons. The number of rotatable bonds is 7. The second-order valence-corrected chi connectivity index (χ2v) is 8.88. The molecule has 0 fully saturated rings. The van der Waals surface area contributed by atoms with E-state index in [4.69, 9.17) is 4.74 Å². The molecule has 0 N–H and O–H groups in total. The Morgan fingerprint density at radius 2 is 1.46 bits per heavy atom. The average molecular weight is 354 g/mol. The zero-order valence-corrected chi connectivity index (χ0v) is 17.2. The van der Waals surface area contributed by atoms with Crippen LogP contribution in [0.5, 0.6) is 17.2 Å². The predicted octanol–water partition coefficient (Wildman–Crippen LogP) is 7.78. The molecule has 0 saturated carbocycles. The molecule has 0 spiro atoms. The molecule has 2 rings (SSSR count). The van der Waals surface area contributed by atoms with E-state index in [2.05, 4.69) is 53.7 Å². The van der Waals surface area contributed by atoms with Gasteiger partial charge in [0.25, 0.3) is 0 Å². The van der Waals surface area contributed by atoms with Crippen molar-refractivity contribution >= 4 is 0 Å². The third-order valence-electron chi connectivity index (χ3n) is 5.08. The van der Waals surface area contributed by atoms with E-state index in [1.807, 2.05) is 24.3 Å². The molecule has 0 saturated heterocycles. The summed E-state index contributed by atoms with van der Waals surface area (Å²) in [6.45, 7) is 13.2. The Labute approximate surface area is 159 Å². The van der Waals surface area contributed by atoms with E-state index in [1.54, 1.807) is 6.07 Å². The Hall–Kier alpha value is -1.96. The molecule has 0 unspecified atom stereocenters. The fraction of sp³-hybridized carbons (Fsp3) is 0.500. The standard InChI is InChI=1S/C24H33O2/c1-7-8-9-16-24(5,6)18-10-13-20(14-11-18)26-22-17-19(23(2,3)4)12-15-21(22)25/h10-15,17H,7-9,16H2,1-6H3. The van der Waals surface area contributed by atoms with Gasteiger partial charge in [0.15, 0.2) is 5.75 Å². The van der Waals surface area contributed by atoms with Gasteiger partial charge in [0, 0.05) is 0 Å². The fourth-order valence-corrected chi connectivity index (χ4v) is 3.12. The van der Waals surface area contributed by atoms with Gasteiger partial charge in [-0.25, -0.2) is 0 Å². The van der Waals surface area contributed by atoms with E-state index < -0.39 is 0 Å². The van der Waals surface area contributed by atoms with Crippen LogP contribution in [0.15, 0.2) is 42.5 Å². The lowest BCUT2D eigenvalue weighted by Crippen LogP contribution is -2.16. The second-order valence-electron chi connectivity index (χ2n) is 8.88. The highest BCUT2D eigenvalue weighted by molar-refractivity contribution is 5.46. The first-order chi connectivity index (χ1) is 12.1. The maximum Gasteiger partial charge on any atom is 0.221 e. The number of unbranched alkanes of at least 4 members (excludes halogenated alkanes) is 2. The quantitative estimate of drug-likeness (QED) is 0.467. The summed E-state index contributed by atoms with van der Waals surface area (Å²) in [5.41, 5.74) is 2.55. The summed E-state index contributed by atoms with van der Waals surface area (Å²) in [6.07, 6.45) is 4.95. The van der Waals surface area contributed by atoms with Crippen LogP contribution in [0.2, 0.25) is 0 Å². The molecule has 26 heavy (non-hydrogen) atoms. The maximum absolute atomic E-state index is 12.2. The highest BCUT2D eigenvalue weighted by Crippen LogP contribution is 2.37. The number of hydrogen-bond donors (Lipinski definition) is 0. The van der Waals surface area contributed by atoms with Crippen molar-refractivity contribution in [1.29, 1.82) is 0 Å². The van der Waals surface area contributed by atoms with Crippen molar-refractivity contribution in [3.63, 3.8) is 0 Å². The van der Waals surface area contributed by atoms with Crippen molar-refractivity contribution in [3.05, 3.63) is 53.6 Å². The molecule has 0 atom stereocenters. The normalized spacial score (nSPS) is 12.2. The number of hydrogen-bond acceptors (Lipinski definition) is 1. The molecule has 2 nitrogen and oxygen atoms in total. The zero-order chi connectivity index (χ0) is 19.4. The van der Waals surface area contributed by atoms with Crippen molar-refractivity contribution in [2.24, 2.45) is 0 Å². The van der Waals surface area contributed by atoms with E-state index in [0.29, 0.717) is 11.5 Å². The van der Waals surface area contributed by atoms with Crippen LogP contribution in [-0.4, -0.2) is 0 Å². The van der Waals surface area contributed by atoms with Gasteiger partial charge in [-0.2, -0.15) is 0 Å². The Balaban J connectivity index is 2.15. The highest BCUT2D eigenvalue weighted by atomic mass is 16.5. The van der Waals surface area contributed by atoms with Gasteiger partial charge in [-0.3, -0.25) is 5.11 Å². The van der Waals surface area contributed by atoms with Crippen molar-refractivity contribution in [2.75, 3.05) is 0 Å². The van der Waals surface area contributed by atoms with Crippen LogP contribution < -0.4 is 4.74 Å². The van der Waals surface area contributed by atoms with E-state index in [9.17, 15) is 5.11 Å². The van der Waals surface area contributed by atoms with Crippen molar-refractivity contribution < 1.29 is 9.84 Å². The van der Waals surface area contributed by atoms with Crippen LogP contribution in [0, 0.1) is 0 Å². The Bertz CT molecular complexity index is 706. The molecule has 2 heteroatoms. The molecule has 0 aliphatic heterocycles. The van der Waals surface area contributed by atoms with Gasteiger partial charge in [0.05, 0.1) is 0 Å². The molecule has 0 aliphatic carbocycles. The largest absolute Gasteiger partial charge is 0.453 e. The predicted molar refractivity (Wildman–Crippen MR) is 109 cm³/mol. The van der Waals surface area contributed by atoms with Crippen LogP contribution >= 0.6 is 0 Å². The zero-order valence-electron chi connectivity index (χ0n) is 17.2. The van der Waals surface area contributed by atoms with Crippen LogP contribution in [-0.2, 0) is 15.9 Å². The van der Waals surface area contributed by atoms with Crippen molar-refractivity contribution in [1.82, 2.24) is 0 Å². The first-order valence-corrected chi connectivity index (χ1v) is 9.73. The third kappa shape index (κ3) is 5.27. The molecular weight excluding hydrogens is 320 g/mol. The van der Waals surface area contributed by atoms with Gasteiger partial charge in [0.1, 0.15) is 5.75 Å². The minimum absolute atomic E-state index is 0.0157. The molecular formula is C24H33O2. The van der Waals surface area contributed by atoms with Gasteiger partial charge >= 0.3 is 0 Å². The summed E-state index contributed by atoms with van der Waals surface area (Å²) < 4.78 is 5.90. The molecule has 0 aromatic heterocycles. The lowest BCUT2D eigenvalue weighted by Gasteiger charge is -2.25. The van der Waals surface area contributed by atoms with Crippen LogP contribution in [0.3, 0.4) is 0 Å². The molecule has 141 valence electrons. The Morgan fingerprint density at radius 3 is 2.04 bits per heavy atom. The lowest BCUT2D eigenvalue weighted by atomic mass is 9.80. The van der Waals surface area contributed by atoms with Gasteiger partial charge in [-0.05, 0) is 52.6 Å². The minimum Gasteiger partial charge on any atom is -0.453 e. The SMILES string of the molecule is CCCCCC(C)(C)c1ccc(Oc2cc(C(C)(C)C)ccc2[O])cc1.